The van der Waals surface area contributed by atoms with Gasteiger partial charge in [0.15, 0.2) is 0 Å². The Bertz CT molecular complexity index is 638. The third-order valence-corrected chi connectivity index (χ3v) is 3.37. The Morgan fingerprint density at radius 1 is 1.11 bits per heavy atom. The number of amides is 1. The van der Waals surface area contributed by atoms with Gasteiger partial charge in [-0.25, -0.2) is 0 Å². The van der Waals surface area contributed by atoms with Crippen LogP contribution >= 0.6 is 11.6 Å². The lowest BCUT2D eigenvalue weighted by atomic mass is 10.1. The van der Waals surface area contributed by atoms with Crippen molar-refractivity contribution in [1.82, 2.24) is 0 Å². The van der Waals surface area contributed by atoms with E-state index in [0.29, 0.717) is 16.3 Å². The van der Waals surface area contributed by atoms with Crippen LogP contribution in [0, 0.1) is 13.8 Å². The molecule has 19 heavy (non-hydrogen) atoms. The largest absolute Gasteiger partial charge is 0.399 e. The van der Waals surface area contributed by atoms with Crippen LogP contribution in [0.5, 0.6) is 0 Å². The van der Waals surface area contributed by atoms with Crippen molar-refractivity contribution < 1.29 is 4.79 Å². The van der Waals surface area contributed by atoms with E-state index in [1.807, 2.05) is 19.9 Å². The number of rotatable bonds is 2. The molecule has 0 spiro atoms. The topological polar surface area (TPSA) is 55.1 Å². The van der Waals surface area contributed by atoms with Crippen LogP contribution in [0.2, 0.25) is 5.02 Å². The van der Waals surface area contributed by atoms with Gasteiger partial charge in [0.05, 0.1) is 0 Å². The maximum atomic E-state index is 12.1. The van der Waals surface area contributed by atoms with Crippen molar-refractivity contribution in [3.8, 4) is 0 Å². The van der Waals surface area contributed by atoms with Gasteiger partial charge in [0, 0.05) is 22.0 Å². The van der Waals surface area contributed by atoms with E-state index >= 15 is 0 Å². The van der Waals surface area contributed by atoms with Crippen molar-refractivity contribution in [1.29, 1.82) is 0 Å². The fourth-order valence-corrected chi connectivity index (χ4v) is 1.86. The molecule has 0 saturated heterocycles. The number of nitrogens with two attached hydrogens (primary N) is 1. The predicted molar refractivity (Wildman–Crippen MR) is 79.7 cm³/mol. The van der Waals surface area contributed by atoms with E-state index in [1.54, 1.807) is 30.3 Å². The smallest absolute Gasteiger partial charge is 0.255 e. The fourth-order valence-electron chi connectivity index (χ4n) is 1.74. The van der Waals surface area contributed by atoms with Crippen molar-refractivity contribution in [3.05, 3.63) is 58.1 Å². The number of halogens is 1. The number of hydrogen-bond donors (Lipinski definition) is 2. The molecule has 2 aromatic carbocycles. The summed E-state index contributed by atoms with van der Waals surface area (Å²) in [6.45, 7) is 3.77. The molecule has 3 N–H and O–H groups in total. The summed E-state index contributed by atoms with van der Waals surface area (Å²) in [5.41, 5.74) is 9.57. The molecule has 2 rings (SSSR count). The molecule has 0 saturated carbocycles. The molecule has 0 radical (unpaired) electrons. The molecule has 0 heterocycles. The summed E-state index contributed by atoms with van der Waals surface area (Å²) in [5.74, 6) is -0.163. The minimum Gasteiger partial charge on any atom is -0.399 e. The van der Waals surface area contributed by atoms with E-state index in [9.17, 15) is 4.79 Å². The van der Waals surface area contributed by atoms with Gasteiger partial charge in [-0.2, -0.15) is 0 Å². The summed E-state index contributed by atoms with van der Waals surface area (Å²) in [5, 5.41) is 3.49. The average molecular weight is 275 g/mol. The van der Waals surface area contributed by atoms with Gasteiger partial charge in [0.25, 0.3) is 5.91 Å². The standard InChI is InChI=1S/C15H15ClN2O/c1-9-7-11(3-5-13(9)16)15(19)18-12-4-6-14(17)10(2)8-12/h3-8H,17H2,1-2H3,(H,18,19). The van der Waals surface area contributed by atoms with Gasteiger partial charge in [-0.3, -0.25) is 4.79 Å². The Morgan fingerprint density at radius 2 is 1.84 bits per heavy atom. The zero-order chi connectivity index (χ0) is 14.0. The third-order valence-electron chi connectivity index (χ3n) is 2.95. The summed E-state index contributed by atoms with van der Waals surface area (Å²) in [4.78, 5) is 12.1. The molecule has 0 bridgehead atoms. The van der Waals surface area contributed by atoms with Crippen LogP contribution in [0.15, 0.2) is 36.4 Å². The number of hydrogen-bond acceptors (Lipinski definition) is 2. The molecule has 3 nitrogen and oxygen atoms in total. The quantitative estimate of drug-likeness (QED) is 0.819. The van der Waals surface area contributed by atoms with Crippen LogP contribution < -0.4 is 11.1 Å². The zero-order valence-electron chi connectivity index (χ0n) is 10.8. The van der Waals surface area contributed by atoms with Gasteiger partial charge < -0.3 is 11.1 Å². The molecule has 4 heteroatoms. The lowest BCUT2D eigenvalue weighted by Crippen LogP contribution is -2.12. The van der Waals surface area contributed by atoms with Crippen molar-refractivity contribution >= 4 is 28.9 Å². The van der Waals surface area contributed by atoms with E-state index in [2.05, 4.69) is 5.32 Å². The molecular formula is C15H15ClN2O. The first-order chi connectivity index (χ1) is 8.97. The Kier molecular flexibility index (Phi) is 3.76. The van der Waals surface area contributed by atoms with Crippen molar-refractivity contribution in [2.75, 3.05) is 11.1 Å². The summed E-state index contributed by atoms with van der Waals surface area (Å²) < 4.78 is 0. The monoisotopic (exact) mass is 274 g/mol. The highest BCUT2D eigenvalue weighted by atomic mass is 35.5. The van der Waals surface area contributed by atoms with Gasteiger partial charge in [0.2, 0.25) is 0 Å². The first-order valence-electron chi connectivity index (χ1n) is 5.91. The minimum atomic E-state index is -0.163. The van der Waals surface area contributed by atoms with Crippen LogP contribution in [-0.4, -0.2) is 5.91 Å². The second-order valence-electron chi connectivity index (χ2n) is 4.49. The van der Waals surface area contributed by atoms with Crippen LogP contribution in [-0.2, 0) is 0 Å². The summed E-state index contributed by atoms with van der Waals surface area (Å²) in [6.07, 6.45) is 0. The van der Waals surface area contributed by atoms with E-state index in [4.69, 9.17) is 17.3 Å². The molecule has 0 aliphatic carbocycles. The minimum absolute atomic E-state index is 0.163. The normalized spacial score (nSPS) is 10.3. The highest BCUT2D eigenvalue weighted by Crippen LogP contribution is 2.19. The lowest BCUT2D eigenvalue weighted by molar-refractivity contribution is 0.102. The number of nitrogen functional groups attached to an aromatic ring is 1. The lowest BCUT2D eigenvalue weighted by Gasteiger charge is -2.08. The third kappa shape index (κ3) is 3.06. The Labute approximate surface area is 117 Å². The van der Waals surface area contributed by atoms with Gasteiger partial charge in [0.1, 0.15) is 0 Å². The molecular weight excluding hydrogens is 260 g/mol. The second kappa shape index (κ2) is 5.33. The summed E-state index contributed by atoms with van der Waals surface area (Å²) >= 11 is 5.94. The number of nitrogens with one attached hydrogen (secondary N) is 1. The first-order valence-corrected chi connectivity index (χ1v) is 6.29. The van der Waals surface area contributed by atoms with E-state index in [1.165, 1.54) is 0 Å². The molecule has 0 atom stereocenters. The highest BCUT2D eigenvalue weighted by Gasteiger charge is 2.08. The number of anilines is 2. The number of benzene rings is 2. The molecule has 1 amide bonds. The Morgan fingerprint density at radius 3 is 2.47 bits per heavy atom. The van der Waals surface area contributed by atoms with Crippen LogP contribution in [0.4, 0.5) is 11.4 Å². The predicted octanol–water partition coefficient (Wildman–Crippen LogP) is 3.79. The molecule has 98 valence electrons. The Balaban J connectivity index is 2.20. The van der Waals surface area contributed by atoms with Crippen LogP contribution in [0.25, 0.3) is 0 Å². The molecule has 0 aliphatic heterocycles. The molecule has 2 aromatic rings. The average Bonchev–Trinajstić information content (AvgIpc) is 2.37. The molecule has 0 unspecified atom stereocenters. The summed E-state index contributed by atoms with van der Waals surface area (Å²) in [7, 11) is 0. The maximum Gasteiger partial charge on any atom is 0.255 e. The molecule has 0 aromatic heterocycles. The highest BCUT2D eigenvalue weighted by molar-refractivity contribution is 6.31. The number of aryl methyl sites for hydroxylation is 2. The molecule has 0 aliphatic rings. The fraction of sp³-hybridized carbons (Fsp3) is 0.133. The Hall–Kier alpha value is -2.00. The SMILES string of the molecule is Cc1cc(NC(=O)c2ccc(Cl)c(C)c2)ccc1N. The van der Waals surface area contributed by atoms with Gasteiger partial charge in [-0.15, -0.1) is 0 Å². The van der Waals surface area contributed by atoms with Crippen molar-refractivity contribution in [3.63, 3.8) is 0 Å². The van der Waals surface area contributed by atoms with Crippen molar-refractivity contribution in [2.24, 2.45) is 0 Å². The van der Waals surface area contributed by atoms with Gasteiger partial charge in [-0.05, 0) is 61.4 Å². The zero-order valence-corrected chi connectivity index (χ0v) is 11.6. The maximum absolute atomic E-state index is 12.1. The number of carbonyl (C=O) groups is 1. The number of carbonyl (C=O) groups excluding carboxylic acids is 1. The first kappa shape index (κ1) is 13.4. The van der Waals surface area contributed by atoms with Crippen LogP contribution in [0.3, 0.4) is 0 Å². The van der Waals surface area contributed by atoms with Crippen LogP contribution in [0.1, 0.15) is 21.5 Å². The van der Waals surface area contributed by atoms with Crippen molar-refractivity contribution in [2.45, 2.75) is 13.8 Å². The second-order valence-corrected chi connectivity index (χ2v) is 4.90. The van der Waals surface area contributed by atoms with Gasteiger partial charge >= 0.3 is 0 Å². The van der Waals surface area contributed by atoms with E-state index in [0.717, 1.165) is 16.8 Å². The summed E-state index contributed by atoms with van der Waals surface area (Å²) in [6, 6.07) is 10.6. The van der Waals surface area contributed by atoms with E-state index < -0.39 is 0 Å². The molecule has 0 fully saturated rings. The van der Waals surface area contributed by atoms with Gasteiger partial charge in [-0.1, -0.05) is 11.6 Å². The van der Waals surface area contributed by atoms with E-state index in [-0.39, 0.29) is 5.91 Å².